The highest BCUT2D eigenvalue weighted by Crippen LogP contribution is 2.42. The molecule has 10 heteroatoms. The van der Waals surface area contributed by atoms with E-state index in [1.807, 2.05) is 30.3 Å². The summed E-state index contributed by atoms with van der Waals surface area (Å²) in [7, 11) is 0. The zero-order valence-electron chi connectivity index (χ0n) is 17.2. The first-order chi connectivity index (χ1) is 15.5. The van der Waals surface area contributed by atoms with E-state index in [1.54, 1.807) is 12.3 Å². The molecule has 0 spiro atoms. The minimum Gasteiger partial charge on any atom is -0.419 e. The molecule has 162 valence electrons. The maximum Gasteiger partial charge on any atom is 0.336 e. The summed E-state index contributed by atoms with van der Waals surface area (Å²) in [6.07, 6.45) is 4.63. The van der Waals surface area contributed by atoms with Crippen molar-refractivity contribution in [2.24, 2.45) is 0 Å². The van der Waals surface area contributed by atoms with E-state index >= 15 is 0 Å². The third kappa shape index (κ3) is 3.21. The number of carbonyl (C=O) groups excluding carboxylic acids is 3. The molecular formula is C22H20N6O4. The monoisotopic (exact) mass is 432 g/mol. The molecule has 2 aromatic heterocycles. The lowest BCUT2D eigenvalue weighted by atomic mass is 10.1. The van der Waals surface area contributed by atoms with Gasteiger partial charge in [-0.2, -0.15) is 5.43 Å². The van der Waals surface area contributed by atoms with Crippen LogP contribution in [0, 0.1) is 0 Å². The van der Waals surface area contributed by atoms with Gasteiger partial charge in [-0.3, -0.25) is 24.9 Å². The van der Waals surface area contributed by atoms with Crippen LogP contribution in [0.4, 0.5) is 4.79 Å². The molecule has 2 amide bonds. The van der Waals surface area contributed by atoms with Gasteiger partial charge in [-0.1, -0.05) is 30.3 Å². The van der Waals surface area contributed by atoms with Gasteiger partial charge in [0.1, 0.15) is 5.82 Å². The molecule has 3 aromatic rings. The molecule has 3 N–H and O–H groups in total. The summed E-state index contributed by atoms with van der Waals surface area (Å²) in [4.78, 5) is 49.8. The van der Waals surface area contributed by atoms with E-state index in [9.17, 15) is 14.4 Å². The van der Waals surface area contributed by atoms with Crippen molar-refractivity contribution in [2.75, 3.05) is 0 Å². The predicted octanol–water partition coefficient (Wildman–Crippen LogP) is 2.32. The van der Waals surface area contributed by atoms with Crippen LogP contribution >= 0.6 is 0 Å². The SMILES string of the molecule is CC(=O)c1cncc(-c2[nH]c(-c3ccccc3)nc2C2(OC=O)NNC(=O)N2C2CC2)c1. The van der Waals surface area contributed by atoms with Gasteiger partial charge in [0.2, 0.25) is 0 Å². The summed E-state index contributed by atoms with van der Waals surface area (Å²) in [5.41, 5.74) is 7.90. The van der Waals surface area contributed by atoms with Crippen LogP contribution in [0.3, 0.4) is 0 Å². The molecule has 5 rings (SSSR count). The average Bonchev–Trinajstić information content (AvgIpc) is 3.44. The quantitative estimate of drug-likeness (QED) is 0.386. The normalized spacial score (nSPS) is 20.2. The number of ether oxygens (including phenoxy) is 1. The summed E-state index contributed by atoms with van der Waals surface area (Å²) < 4.78 is 5.53. The van der Waals surface area contributed by atoms with Crippen LogP contribution < -0.4 is 10.9 Å². The van der Waals surface area contributed by atoms with Gasteiger partial charge in [-0.15, -0.1) is 0 Å². The van der Waals surface area contributed by atoms with Crippen molar-refractivity contribution in [1.29, 1.82) is 0 Å². The van der Waals surface area contributed by atoms with Crippen molar-refractivity contribution >= 4 is 18.3 Å². The number of Topliss-reactive ketones (excluding diaryl/α,β-unsaturated/α-hetero) is 1. The third-order valence-corrected chi connectivity index (χ3v) is 5.53. The molecule has 1 aliphatic heterocycles. The number of H-pyrrole nitrogens is 1. The second-order valence-corrected chi connectivity index (χ2v) is 7.71. The number of hydrazine groups is 1. The van der Waals surface area contributed by atoms with Crippen molar-refractivity contribution in [3.63, 3.8) is 0 Å². The Hall–Kier alpha value is -4.05. The lowest BCUT2D eigenvalue weighted by Crippen LogP contribution is -2.53. The number of nitrogens with zero attached hydrogens (tertiary/aromatic N) is 3. The first-order valence-corrected chi connectivity index (χ1v) is 10.1. The molecule has 3 heterocycles. The van der Waals surface area contributed by atoms with Crippen molar-refractivity contribution in [1.82, 2.24) is 30.7 Å². The Morgan fingerprint density at radius 3 is 2.69 bits per heavy atom. The molecule has 1 aromatic carbocycles. The number of urea groups is 1. The molecule has 2 aliphatic rings. The molecule has 0 bridgehead atoms. The standard InChI is InChI=1S/C22H20N6O4/c1-13(30)15-9-16(11-23-10-15)18-19(25-20(24-18)14-5-3-2-4-6-14)22(32-12-29)27-26-21(31)28(22)17-7-8-17/h2-6,9-12,17,27H,7-8H2,1H3,(H,24,25)(H,26,31). The van der Waals surface area contributed by atoms with Crippen LogP contribution in [-0.4, -0.2) is 44.2 Å². The Balaban J connectivity index is 1.74. The highest BCUT2D eigenvalue weighted by atomic mass is 16.6. The summed E-state index contributed by atoms with van der Waals surface area (Å²) in [5.74, 6) is -1.29. The van der Waals surface area contributed by atoms with Crippen LogP contribution in [0.25, 0.3) is 22.6 Å². The number of ketones is 1. The predicted molar refractivity (Wildman–Crippen MR) is 113 cm³/mol. The number of hydrogen-bond acceptors (Lipinski definition) is 7. The molecule has 1 saturated carbocycles. The van der Waals surface area contributed by atoms with Crippen molar-refractivity contribution in [2.45, 2.75) is 31.7 Å². The Bertz CT molecular complexity index is 1210. The van der Waals surface area contributed by atoms with Gasteiger partial charge in [0.15, 0.2) is 11.5 Å². The number of hydrogen-bond donors (Lipinski definition) is 3. The number of aromatic nitrogens is 3. The topological polar surface area (TPSA) is 129 Å². The molecule has 1 aliphatic carbocycles. The highest BCUT2D eigenvalue weighted by Gasteiger charge is 2.57. The Morgan fingerprint density at radius 2 is 2.00 bits per heavy atom. The molecule has 0 radical (unpaired) electrons. The molecular weight excluding hydrogens is 412 g/mol. The van der Waals surface area contributed by atoms with Crippen molar-refractivity contribution < 1.29 is 19.1 Å². The smallest absolute Gasteiger partial charge is 0.336 e. The second kappa shape index (κ2) is 7.57. The van der Waals surface area contributed by atoms with Gasteiger partial charge < -0.3 is 9.72 Å². The van der Waals surface area contributed by atoms with Crippen LogP contribution in [0.2, 0.25) is 0 Å². The first-order valence-electron chi connectivity index (χ1n) is 10.1. The van der Waals surface area contributed by atoms with E-state index in [2.05, 4.69) is 20.8 Å². The Labute approximate surface area is 183 Å². The van der Waals surface area contributed by atoms with Gasteiger partial charge in [0, 0.05) is 35.1 Å². The minimum absolute atomic E-state index is 0.101. The number of pyridine rings is 1. The molecule has 1 saturated heterocycles. The van der Waals surface area contributed by atoms with Crippen LogP contribution in [-0.2, 0) is 15.4 Å². The van der Waals surface area contributed by atoms with Gasteiger partial charge >= 0.3 is 11.9 Å². The zero-order chi connectivity index (χ0) is 22.3. The number of amides is 2. The second-order valence-electron chi connectivity index (χ2n) is 7.71. The average molecular weight is 432 g/mol. The molecule has 1 atom stereocenters. The number of nitrogens with one attached hydrogen (secondary N) is 3. The fraction of sp³-hybridized carbons (Fsp3) is 0.227. The van der Waals surface area contributed by atoms with Gasteiger partial charge in [0.25, 0.3) is 6.47 Å². The van der Waals surface area contributed by atoms with Crippen LogP contribution in [0.15, 0.2) is 48.8 Å². The number of benzene rings is 1. The molecule has 10 nitrogen and oxygen atoms in total. The number of imidazole rings is 1. The summed E-state index contributed by atoms with van der Waals surface area (Å²) in [6.45, 7) is 1.74. The van der Waals surface area contributed by atoms with E-state index in [0.717, 1.165) is 18.4 Å². The maximum atomic E-state index is 12.6. The molecule has 2 fully saturated rings. The molecule has 1 unspecified atom stereocenters. The largest absolute Gasteiger partial charge is 0.419 e. The summed E-state index contributed by atoms with van der Waals surface area (Å²) in [5, 5.41) is 0. The maximum absolute atomic E-state index is 12.6. The van der Waals surface area contributed by atoms with Crippen LogP contribution in [0.1, 0.15) is 35.8 Å². The lowest BCUT2D eigenvalue weighted by Gasteiger charge is -2.33. The van der Waals surface area contributed by atoms with E-state index in [4.69, 9.17) is 9.72 Å². The Morgan fingerprint density at radius 1 is 1.22 bits per heavy atom. The fourth-order valence-corrected chi connectivity index (χ4v) is 3.87. The highest BCUT2D eigenvalue weighted by molar-refractivity contribution is 5.95. The van der Waals surface area contributed by atoms with Gasteiger partial charge in [-0.25, -0.2) is 9.78 Å². The summed E-state index contributed by atoms with van der Waals surface area (Å²) >= 11 is 0. The van der Waals surface area contributed by atoms with Gasteiger partial charge in [-0.05, 0) is 25.8 Å². The number of aromatic amines is 1. The van der Waals surface area contributed by atoms with Crippen molar-refractivity contribution in [3.8, 4) is 22.6 Å². The molecule has 32 heavy (non-hydrogen) atoms. The Kier molecular flexibility index (Phi) is 4.71. The zero-order valence-corrected chi connectivity index (χ0v) is 17.2. The fourth-order valence-electron chi connectivity index (χ4n) is 3.87. The van der Waals surface area contributed by atoms with Crippen LogP contribution in [0.5, 0.6) is 0 Å². The number of rotatable bonds is 7. The van der Waals surface area contributed by atoms with Crippen molar-refractivity contribution in [3.05, 3.63) is 60.0 Å². The van der Waals surface area contributed by atoms with E-state index < -0.39 is 11.9 Å². The van der Waals surface area contributed by atoms with E-state index in [-0.39, 0.29) is 24.0 Å². The van der Waals surface area contributed by atoms with Gasteiger partial charge in [0.05, 0.1) is 5.69 Å². The van der Waals surface area contributed by atoms with E-state index in [1.165, 1.54) is 18.0 Å². The minimum atomic E-state index is -1.66. The summed E-state index contributed by atoms with van der Waals surface area (Å²) in [6, 6.07) is 10.6. The first kappa shape index (κ1) is 19.9. The lowest BCUT2D eigenvalue weighted by molar-refractivity contribution is -0.170. The third-order valence-electron chi connectivity index (χ3n) is 5.53. The van der Waals surface area contributed by atoms with E-state index in [0.29, 0.717) is 22.6 Å². The number of carbonyl (C=O) groups is 3.